The van der Waals surface area contributed by atoms with E-state index in [1.54, 1.807) is 71.8 Å². The number of amides is 9. The molecule has 3 aliphatic heterocycles. The second-order valence-electron chi connectivity index (χ2n) is 24.5. The Labute approximate surface area is 555 Å². The van der Waals surface area contributed by atoms with Crippen molar-refractivity contribution in [3.05, 3.63) is 113 Å². The largest absolute Gasteiger partial charge is 0.497 e. The highest BCUT2D eigenvalue weighted by Gasteiger charge is 2.48. The fraction of sp³-hybridized carbons (Fsp3) is 0.530. The van der Waals surface area contributed by atoms with Crippen molar-refractivity contribution in [3.8, 4) is 5.75 Å². The van der Waals surface area contributed by atoms with Crippen molar-refractivity contribution >= 4 is 87.6 Å². The van der Waals surface area contributed by atoms with Gasteiger partial charge in [0.05, 0.1) is 18.9 Å². The van der Waals surface area contributed by atoms with Gasteiger partial charge in [-0.2, -0.15) is 23.5 Å². The molecule has 0 spiro atoms. The number of nitrogens with one attached hydrogen (secondary N) is 9. The quantitative estimate of drug-likeness (QED) is 0.0896. The lowest BCUT2D eigenvalue weighted by atomic mass is 9.95. The third kappa shape index (κ3) is 20.2. The van der Waals surface area contributed by atoms with E-state index < -0.39 is 101 Å². The molecule has 9 atom stereocenters. The van der Waals surface area contributed by atoms with Gasteiger partial charge in [-0.3, -0.25) is 47.8 Å². The highest BCUT2D eigenvalue weighted by molar-refractivity contribution is 7.98. The first-order valence-electron chi connectivity index (χ1n) is 32.3. The van der Waals surface area contributed by atoms with E-state index >= 15 is 9.59 Å². The van der Waals surface area contributed by atoms with Gasteiger partial charge in [0.25, 0.3) is 0 Å². The van der Waals surface area contributed by atoms with Gasteiger partial charge in [0.15, 0.2) is 0 Å². The number of rotatable bonds is 10. The SMILES string of the molecule is COc1ccc(C[C@@H]2NC(=O)[C@H]([C@H](C)O)NC(=O)[C@@H]3CCCc4cn(nn4)CCCC[C@H](NC(=O)[C@@H](C)NC(=O)[C@H](CCCCN)NC(=O)CCSCc4cccc(c4)CSCCNC(=O)[C@]4(C)CCCN4C2=O)C(=O)N[C@@H](Cc2c[nH]c4ccc(F)cc24)C(=O)N3)cc1. The molecule has 9 amide bonds. The summed E-state index contributed by atoms with van der Waals surface area (Å²) in [6, 6.07) is 9.46. The number of nitrogens with zero attached hydrogens (tertiary/aromatic N) is 4. The van der Waals surface area contributed by atoms with Crippen molar-refractivity contribution in [1.82, 2.24) is 67.4 Å². The van der Waals surface area contributed by atoms with Crippen LogP contribution in [0.25, 0.3) is 10.9 Å². The number of aromatic amines is 1. The van der Waals surface area contributed by atoms with Crippen LogP contribution in [0.5, 0.6) is 5.75 Å². The lowest BCUT2D eigenvalue weighted by Crippen LogP contribution is -2.63. The van der Waals surface area contributed by atoms with Crippen molar-refractivity contribution in [2.45, 2.75) is 183 Å². The fourth-order valence-electron chi connectivity index (χ4n) is 11.8. The number of halogens is 1. The second kappa shape index (κ2) is 34.9. The molecule has 1 saturated heterocycles. The number of aliphatic hydroxyl groups is 1. The zero-order chi connectivity index (χ0) is 67.3. The predicted molar refractivity (Wildman–Crippen MR) is 355 cm³/mol. The number of aliphatic hydroxyl groups excluding tert-OH is 1. The maximum atomic E-state index is 15.1. The maximum absolute atomic E-state index is 15.1. The number of carbonyl (C=O) groups is 9. The van der Waals surface area contributed by atoms with E-state index in [2.05, 4.69) is 63.9 Å². The van der Waals surface area contributed by atoms with Crippen LogP contribution < -0.4 is 53.0 Å². The van der Waals surface area contributed by atoms with Crippen molar-refractivity contribution in [2.24, 2.45) is 5.73 Å². The van der Waals surface area contributed by atoms with E-state index in [9.17, 15) is 43.1 Å². The summed E-state index contributed by atoms with van der Waals surface area (Å²) in [7, 11) is 1.51. The van der Waals surface area contributed by atoms with Crippen LogP contribution in [-0.2, 0) is 80.5 Å². The van der Waals surface area contributed by atoms with Gasteiger partial charge in [-0.25, -0.2) is 4.39 Å². The van der Waals surface area contributed by atoms with E-state index in [1.165, 1.54) is 44.1 Å². The molecule has 0 radical (unpaired) electrons. The summed E-state index contributed by atoms with van der Waals surface area (Å²) < 4.78 is 21.9. The van der Waals surface area contributed by atoms with Gasteiger partial charge >= 0.3 is 0 Å². The third-order valence-corrected chi connectivity index (χ3v) is 19.3. The number of carbonyl (C=O) groups excluding carboxylic acids is 9. The lowest BCUT2D eigenvalue weighted by Gasteiger charge is -2.37. The molecule has 6 bridgehead atoms. The molecule has 5 heterocycles. The summed E-state index contributed by atoms with van der Waals surface area (Å²) in [4.78, 5) is 135. The van der Waals surface area contributed by atoms with E-state index in [0.29, 0.717) is 121 Å². The number of hydrogen-bond donors (Lipinski definition) is 11. The zero-order valence-corrected chi connectivity index (χ0v) is 55.4. The molecule has 12 N–H and O–H groups in total. The van der Waals surface area contributed by atoms with Crippen molar-refractivity contribution in [2.75, 3.05) is 38.2 Å². The summed E-state index contributed by atoms with van der Waals surface area (Å²) in [6.45, 7) is 5.65. The minimum atomic E-state index is -1.72. The monoisotopic (exact) mass is 1340 g/mol. The number of aromatic nitrogens is 4. The van der Waals surface area contributed by atoms with Gasteiger partial charge in [0.2, 0.25) is 53.2 Å². The smallest absolute Gasteiger partial charge is 0.246 e. The molecule has 0 aliphatic carbocycles. The van der Waals surface area contributed by atoms with Gasteiger partial charge in [-0.1, -0.05) is 41.6 Å². The van der Waals surface area contributed by atoms with Crippen LogP contribution in [0.3, 0.4) is 0 Å². The fourth-order valence-corrected chi connectivity index (χ4v) is 13.5. The number of hydrogen-bond acceptors (Lipinski definition) is 16. The van der Waals surface area contributed by atoms with Gasteiger partial charge in [-0.05, 0) is 151 Å². The number of nitrogens with two attached hydrogens (primary N) is 1. The Morgan fingerprint density at radius 2 is 1.44 bits per heavy atom. The number of thioether (sulfide) groups is 2. The van der Waals surface area contributed by atoms with Crippen LogP contribution in [-0.4, -0.2) is 175 Å². The van der Waals surface area contributed by atoms with Crippen LogP contribution in [0.2, 0.25) is 0 Å². The Hall–Kier alpha value is -8.08. The summed E-state index contributed by atoms with van der Waals surface area (Å²) >= 11 is 3.18. The number of ether oxygens (including phenoxy) is 1. The van der Waals surface area contributed by atoms with Crippen molar-refractivity contribution < 1.29 is 57.4 Å². The third-order valence-electron chi connectivity index (χ3n) is 17.3. The lowest BCUT2D eigenvalue weighted by molar-refractivity contribution is -0.147. The Balaban J connectivity index is 1.12. The molecule has 2 aromatic heterocycles. The molecule has 8 rings (SSSR count). The molecule has 3 aliphatic rings. The van der Waals surface area contributed by atoms with E-state index in [-0.39, 0.29) is 63.3 Å². The Morgan fingerprint density at radius 3 is 2.17 bits per heavy atom. The minimum absolute atomic E-state index is 0.0414. The molecule has 25 nitrogen and oxygen atoms in total. The number of H-pyrrole nitrogens is 1. The van der Waals surface area contributed by atoms with Gasteiger partial charge in [0, 0.05) is 85.2 Å². The number of unbranched alkanes of at least 4 members (excludes halogenated alkanes) is 1. The van der Waals surface area contributed by atoms with Crippen molar-refractivity contribution in [1.29, 1.82) is 0 Å². The topological polar surface area (TPSA) is 355 Å². The number of methoxy groups -OCH3 is 1. The van der Waals surface area contributed by atoms with Crippen LogP contribution >= 0.6 is 23.5 Å². The molecule has 28 heteroatoms. The molecule has 0 unspecified atom stereocenters. The van der Waals surface area contributed by atoms with Crippen LogP contribution in [0.4, 0.5) is 4.39 Å². The summed E-state index contributed by atoms with van der Waals surface area (Å²) in [6.07, 6.45) is 4.98. The van der Waals surface area contributed by atoms with Gasteiger partial charge in [-0.15, -0.1) is 5.10 Å². The molecule has 5 aromatic rings. The van der Waals surface area contributed by atoms with E-state index in [0.717, 1.165) is 11.1 Å². The zero-order valence-electron chi connectivity index (χ0n) is 53.8. The Kier molecular flexibility index (Phi) is 26.6. The molecule has 1 fully saturated rings. The number of aryl methyl sites for hydroxylation is 2. The highest BCUT2D eigenvalue weighted by atomic mass is 32.2. The highest BCUT2D eigenvalue weighted by Crippen LogP contribution is 2.31. The minimum Gasteiger partial charge on any atom is -0.497 e. The van der Waals surface area contributed by atoms with Crippen LogP contribution in [0.15, 0.2) is 79.1 Å². The molecule has 94 heavy (non-hydrogen) atoms. The Bertz CT molecular complexity index is 3440. The second-order valence-corrected chi connectivity index (χ2v) is 26.7. The number of benzene rings is 3. The molecule has 3 aromatic carbocycles. The van der Waals surface area contributed by atoms with Gasteiger partial charge < -0.3 is 68.0 Å². The first-order chi connectivity index (χ1) is 45.2. The van der Waals surface area contributed by atoms with E-state index in [1.807, 2.05) is 18.2 Å². The molecule has 0 saturated carbocycles. The standard InChI is InChI=1S/C66H89FN14O11S2/c1-40-58(84)73-52-16-6-8-28-80-37-47(78-79-80)14-10-17-53(74-62(88)54(75-60(52)86)34-45-36-70-50-23-20-46(67)35-49(45)50)61(87)77-57(41(2)82)63(89)76-55(33-42-18-21-48(92-4)22-19-42)64(90)81-29-11-25-66(81,3)65(91)69-27-31-94-39-44-13-9-12-43(32-44)38-93-30-24-56(83)72-51(59(85)71-40)15-5-7-26-68/h9,12-13,18-23,32,35-37,40-41,51-55,57,70,82H,5-8,10-11,14-17,24-31,33-34,38-39,68H2,1-4H3,(H,69,91)(H,71,85)(H,72,83)(H,73,84)(H,74,88)(H,75,86)(H,76,89)(H,77,87)/t40-,41+,51+,52+,53+,54+,55+,57+,66+/m1/s1. The summed E-state index contributed by atoms with van der Waals surface area (Å²) in [5.74, 6) is -3.94. The maximum Gasteiger partial charge on any atom is 0.246 e. The first-order valence-corrected chi connectivity index (χ1v) is 34.6. The van der Waals surface area contributed by atoms with Gasteiger partial charge in [0.1, 0.15) is 59.4 Å². The number of fused-ring (bicyclic) bond motifs is 12. The van der Waals surface area contributed by atoms with Crippen molar-refractivity contribution in [3.63, 3.8) is 0 Å². The predicted octanol–water partition coefficient (Wildman–Crippen LogP) is 2.89. The average molecular weight is 1340 g/mol. The van der Waals surface area contributed by atoms with E-state index in [4.69, 9.17) is 10.5 Å². The normalized spacial score (nSPS) is 25.0. The summed E-state index contributed by atoms with van der Waals surface area (Å²) in [5.41, 5.74) is 8.75. The average Bonchev–Trinajstić information content (AvgIpc) is 1.60. The summed E-state index contributed by atoms with van der Waals surface area (Å²) in [5, 5.41) is 42.8. The Morgan fingerprint density at radius 1 is 0.734 bits per heavy atom. The molecular weight excluding hydrogens is 1250 g/mol. The van der Waals surface area contributed by atoms with Crippen LogP contribution in [0, 0.1) is 5.82 Å². The van der Waals surface area contributed by atoms with Crippen LogP contribution in [0.1, 0.15) is 119 Å². The first kappa shape index (κ1) is 71.8. The molecular formula is C66H89FN14O11S2. The molecule has 508 valence electrons.